The fourth-order valence-corrected chi connectivity index (χ4v) is 3.42. The first-order valence-electron chi connectivity index (χ1n) is 7.74. The zero-order valence-electron chi connectivity index (χ0n) is 13.3. The zero-order chi connectivity index (χ0) is 15.5. The Bertz CT molecular complexity index is 433. The normalized spacial score (nSPS) is 18.8. The van der Waals surface area contributed by atoms with E-state index in [1.54, 1.807) is 0 Å². The first kappa shape index (κ1) is 16.6. The first-order chi connectivity index (χ1) is 9.90. The number of hydrogen-bond donors (Lipinski definition) is 1. The molecule has 0 bridgehead atoms. The van der Waals surface area contributed by atoms with E-state index in [0.717, 1.165) is 44.2 Å². The van der Waals surface area contributed by atoms with Gasteiger partial charge in [-0.3, -0.25) is 4.90 Å². The van der Waals surface area contributed by atoms with Crippen molar-refractivity contribution in [1.82, 2.24) is 4.90 Å². The summed E-state index contributed by atoms with van der Waals surface area (Å²) in [5.41, 5.74) is 1.42. The van der Waals surface area contributed by atoms with Crippen molar-refractivity contribution >= 4 is 18.3 Å². The van der Waals surface area contributed by atoms with E-state index in [1.165, 1.54) is 12.1 Å². The van der Waals surface area contributed by atoms with Gasteiger partial charge in [-0.15, -0.1) is 0 Å². The quantitative estimate of drug-likeness (QED) is 0.850. The van der Waals surface area contributed by atoms with Crippen molar-refractivity contribution in [1.29, 1.82) is 0 Å². The van der Waals surface area contributed by atoms with Crippen molar-refractivity contribution in [3.05, 3.63) is 30.1 Å². The van der Waals surface area contributed by atoms with Crippen LogP contribution in [0.4, 0.5) is 10.1 Å². The second-order valence-corrected chi connectivity index (χ2v) is 7.37. The molecule has 0 N–H and O–H groups in total. The highest BCUT2D eigenvalue weighted by atomic mass is 32.1. The minimum absolute atomic E-state index is 0.167. The first-order valence-corrected chi connectivity index (χ1v) is 8.37. The molecule has 1 saturated heterocycles. The summed E-state index contributed by atoms with van der Waals surface area (Å²) in [6.07, 6.45) is 0. The molecule has 4 heteroatoms. The molecule has 2 rings (SSSR count). The molecule has 118 valence electrons. The number of nitrogens with zero attached hydrogens (tertiary/aromatic N) is 2. The van der Waals surface area contributed by atoms with E-state index in [4.69, 9.17) is 0 Å². The number of rotatable bonds is 4. The monoisotopic (exact) mass is 310 g/mol. The van der Waals surface area contributed by atoms with Gasteiger partial charge in [-0.2, -0.15) is 12.6 Å². The lowest BCUT2D eigenvalue weighted by atomic mass is 9.81. The number of benzene rings is 1. The molecular weight excluding hydrogens is 283 g/mol. The average molecular weight is 310 g/mol. The fourth-order valence-electron chi connectivity index (χ4n) is 2.76. The van der Waals surface area contributed by atoms with Crippen LogP contribution in [0.25, 0.3) is 0 Å². The molecule has 0 radical (unpaired) electrons. The predicted molar refractivity (Wildman–Crippen MR) is 91.9 cm³/mol. The van der Waals surface area contributed by atoms with Gasteiger partial charge in [0.1, 0.15) is 5.82 Å². The molecule has 0 spiro atoms. The summed E-state index contributed by atoms with van der Waals surface area (Å²) in [6, 6.07) is 6.82. The summed E-state index contributed by atoms with van der Waals surface area (Å²) in [5.74, 6) is 1.37. The van der Waals surface area contributed by atoms with Crippen LogP contribution in [0.15, 0.2) is 24.3 Å². The number of thiol groups is 1. The third kappa shape index (κ3) is 4.62. The van der Waals surface area contributed by atoms with E-state index in [1.807, 2.05) is 12.1 Å². The van der Waals surface area contributed by atoms with Crippen molar-refractivity contribution in [2.45, 2.75) is 20.8 Å². The molecule has 1 aliphatic rings. The summed E-state index contributed by atoms with van der Waals surface area (Å²) in [7, 11) is 0. The number of hydrogen-bond acceptors (Lipinski definition) is 3. The van der Waals surface area contributed by atoms with E-state index in [0.29, 0.717) is 11.3 Å². The molecule has 1 heterocycles. The molecule has 21 heavy (non-hydrogen) atoms. The highest BCUT2D eigenvalue weighted by Gasteiger charge is 2.27. The number of halogens is 1. The van der Waals surface area contributed by atoms with Crippen LogP contribution in [0.5, 0.6) is 0 Å². The molecule has 1 aromatic carbocycles. The van der Waals surface area contributed by atoms with Gasteiger partial charge in [0.15, 0.2) is 0 Å². The molecular formula is C17H27FN2S. The fraction of sp³-hybridized carbons (Fsp3) is 0.647. The van der Waals surface area contributed by atoms with Gasteiger partial charge < -0.3 is 4.90 Å². The van der Waals surface area contributed by atoms with Gasteiger partial charge in [-0.25, -0.2) is 4.39 Å². The Morgan fingerprint density at radius 1 is 1.10 bits per heavy atom. The van der Waals surface area contributed by atoms with Crippen molar-refractivity contribution < 1.29 is 4.39 Å². The lowest BCUT2D eigenvalue weighted by Gasteiger charge is -2.40. The minimum Gasteiger partial charge on any atom is -0.369 e. The summed E-state index contributed by atoms with van der Waals surface area (Å²) in [4.78, 5) is 4.87. The summed E-state index contributed by atoms with van der Waals surface area (Å²) >= 11 is 4.52. The van der Waals surface area contributed by atoms with Crippen molar-refractivity contribution in [3.63, 3.8) is 0 Å². The highest BCUT2D eigenvalue weighted by Crippen LogP contribution is 2.28. The molecule has 0 aromatic heterocycles. The smallest absolute Gasteiger partial charge is 0.123 e. The van der Waals surface area contributed by atoms with Gasteiger partial charge in [-0.05, 0) is 41.4 Å². The lowest BCUT2D eigenvalue weighted by Crippen LogP contribution is -2.49. The summed E-state index contributed by atoms with van der Waals surface area (Å²) in [6.45, 7) is 12.2. The van der Waals surface area contributed by atoms with E-state index >= 15 is 0 Å². The van der Waals surface area contributed by atoms with Crippen LogP contribution in [-0.4, -0.2) is 43.4 Å². The Labute approximate surface area is 133 Å². The second kappa shape index (κ2) is 7.01. The molecule has 2 nitrogen and oxygen atoms in total. The van der Waals surface area contributed by atoms with Crippen LogP contribution < -0.4 is 4.90 Å². The summed E-state index contributed by atoms with van der Waals surface area (Å²) < 4.78 is 13.0. The summed E-state index contributed by atoms with van der Waals surface area (Å²) in [5, 5.41) is 0. The maximum atomic E-state index is 13.0. The van der Waals surface area contributed by atoms with Gasteiger partial charge in [0, 0.05) is 38.4 Å². The van der Waals surface area contributed by atoms with Crippen LogP contribution >= 0.6 is 12.6 Å². The molecule has 0 aliphatic carbocycles. The molecule has 1 aromatic rings. The Balaban J connectivity index is 1.87. The van der Waals surface area contributed by atoms with Crippen LogP contribution in [0.3, 0.4) is 0 Å². The zero-order valence-corrected chi connectivity index (χ0v) is 14.2. The standard InChI is InChI=1S/C17H27FN2S/c1-17(2,3)14(13-21)12-19-8-10-20(11-9-19)16-6-4-15(18)5-7-16/h4-7,14,21H,8-13H2,1-3H3. The molecule has 1 atom stereocenters. The topological polar surface area (TPSA) is 6.48 Å². The third-order valence-electron chi connectivity index (χ3n) is 4.49. The average Bonchev–Trinajstić information content (AvgIpc) is 2.45. The lowest BCUT2D eigenvalue weighted by molar-refractivity contribution is 0.159. The minimum atomic E-state index is -0.167. The SMILES string of the molecule is CC(C)(C)C(CS)CN1CCN(c2ccc(F)cc2)CC1. The number of anilines is 1. The van der Waals surface area contributed by atoms with Crippen molar-refractivity contribution in [3.8, 4) is 0 Å². The third-order valence-corrected chi connectivity index (χ3v) is 4.93. The highest BCUT2D eigenvalue weighted by molar-refractivity contribution is 7.80. The van der Waals surface area contributed by atoms with Crippen LogP contribution in [-0.2, 0) is 0 Å². The largest absolute Gasteiger partial charge is 0.369 e. The van der Waals surface area contributed by atoms with Gasteiger partial charge in [0.05, 0.1) is 0 Å². The van der Waals surface area contributed by atoms with Gasteiger partial charge in [0.2, 0.25) is 0 Å². The van der Waals surface area contributed by atoms with Gasteiger partial charge in [-0.1, -0.05) is 20.8 Å². The van der Waals surface area contributed by atoms with Gasteiger partial charge >= 0.3 is 0 Å². The second-order valence-electron chi connectivity index (χ2n) is 7.01. The van der Waals surface area contributed by atoms with Crippen LogP contribution in [0.2, 0.25) is 0 Å². The maximum Gasteiger partial charge on any atom is 0.123 e. The Hall–Kier alpha value is -0.740. The van der Waals surface area contributed by atoms with E-state index in [9.17, 15) is 4.39 Å². The number of piperazine rings is 1. The van der Waals surface area contributed by atoms with Gasteiger partial charge in [0.25, 0.3) is 0 Å². The molecule has 0 saturated carbocycles. The maximum absolute atomic E-state index is 13.0. The van der Waals surface area contributed by atoms with E-state index in [2.05, 4.69) is 43.2 Å². The van der Waals surface area contributed by atoms with Crippen molar-refractivity contribution in [2.75, 3.05) is 43.4 Å². The van der Waals surface area contributed by atoms with Crippen LogP contribution in [0.1, 0.15) is 20.8 Å². The van der Waals surface area contributed by atoms with E-state index < -0.39 is 0 Å². The van der Waals surface area contributed by atoms with Crippen molar-refractivity contribution in [2.24, 2.45) is 11.3 Å². The van der Waals surface area contributed by atoms with Crippen LogP contribution in [0, 0.1) is 17.2 Å². The Morgan fingerprint density at radius 3 is 2.14 bits per heavy atom. The molecule has 1 fully saturated rings. The Morgan fingerprint density at radius 2 is 1.67 bits per heavy atom. The molecule has 1 unspecified atom stereocenters. The van der Waals surface area contributed by atoms with E-state index in [-0.39, 0.29) is 5.82 Å². The Kier molecular flexibility index (Phi) is 5.55. The molecule has 1 aliphatic heterocycles. The predicted octanol–water partition coefficient (Wildman–Crippen LogP) is 3.54. The molecule has 0 amide bonds.